The number of hydrogen-bond acceptors (Lipinski definition) is 5. The van der Waals surface area contributed by atoms with E-state index in [1.165, 1.54) is 23.0 Å². The number of fused-ring (bicyclic) bond motifs is 1. The number of primary amides is 1. The van der Waals surface area contributed by atoms with Gasteiger partial charge in [0.05, 0.1) is 36.1 Å². The van der Waals surface area contributed by atoms with Crippen molar-refractivity contribution in [2.45, 2.75) is 81.6 Å². The summed E-state index contributed by atoms with van der Waals surface area (Å²) in [6, 6.07) is 1.54. The van der Waals surface area contributed by atoms with Gasteiger partial charge in [0.1, 0.15) is 5.69 Å². The second-order valence-corrected chi connectivity index (χ2v) is 11.4. The van der Waals surface area contributed by atoms with E-state index in [2.05, 4.69) is 20.4 Å². The predicted octanol–water partition coefficient (Wildman–Crippen LogP) is 6.11. The molecule has 3 aromatic heterocycles. The Morgan fingerprint density at radius 3 is 2.34 bits per heavy atom. The van der Waals surface area contributed by atoms with E-state index in [1.54, 1.807) is 0 Å². The number of pyridine rings is 1. The minimum Gasteiger partial charge on any atom is -0.364 e. The second kappa shape index (κ2) is 11.6. The molecule has 2 aliphatic rings. The molecule has 3 heterocycles. The molecule has 44 heavy (non-hydrogen) atoms. The number of aromatic nitrogens is 4. The third kappa shape index (κ3) is 7.09. The zero-order chi connectivity index (χ0) is 32.0. The predicted molar refractivity (Wildman–Crippen MR) is 138 cm³/mol. The van der Waals surface area contributed by atoms with Crippen LogP contribution in [0.3, 0.4) is 0 Å². The highest BCUT2D eigenvalue weighted by molar-refractivity contribution is 5.93. The third-order valence-corrected chi connectivity index (χ3v) is 8.16. The Morgan fingerprint density at radius 1 is 1.07 bits per heavy atom. The molecule has 0 unspecified atom stereocenters. The van der Waals surface area contributed by atoms with Crippen molar-refractivity contribution in [3.05, 3.63) is 58.8 Å². The molecule has 2 amide bonds. The van der Waals surface area contributed by atoms with E-state index in [4.69, 9.17) is 5.73 Å². The first kappa shape index (κ1) is 31.6. The van der Waals surface area contributed by atoms with Gasteiger partial charge in [0, 0.05) is 36.9 Å². The Hall–Kier alpha value is -3.85. The fraction of sp³-hybridized carbons (Fsp3) is 0.536. The molecule has 0 spiro atoms. The number of carbonyl (C=O) groups is 2. The highest BCUT2D eigenvalue weighted by atomic mass is 19.4. The Labute approximate surface area is 245 Å². The number of nitrogens with two attached hydrogens (primary N) is 1. The van der Waals surface area contributed by atoms with Gasteiger partial charge in [-0.25, -0.2) is 18.3 Å². The van der Waals surface area contributed by atoms with Gasteiger partial charge >= 0.3 is 12.4 Å². The van der Waals surface area contributed by atoms with Crippen molar-refractivity contribution in [2.75, 3.05) is 0 Å². The zero-order valence-corrected chi connectivity index (χ0v) is 23.1. The van der Waals surface area contributed by atoms with Crippen LogP contribution in [0.5, 0.6) is 0 Å². The van der Waals surface area contributed by atoms with Gasteiger partial charge in [0.2, 0.25) is 11.8 Å². The fourth-order valence-corrected chi connectivity index (χ4v) is 5.89. The Balaban J connectivity index is 1.56. The molecule has 2 fully saturated rings. The summed E-state index contributed by atoms with van der Waals surface area (Å²) in [4.78, 5) is 32.9. The van der Waals surface area contributed by atoms with Crippen LogP contribution in [-0.2, 0) is 11.0 Å². The second-order valence-electron chi connectivity index (χ2n) is 11.4. The van der Waals surface area contributed by atoms with E-state index in [9.17, 15) is 44.7 Å². The summed E-state index contributed by atoms with van der Waals surface area (Å²) < 4.78 is 110. The summed E-state index contributed by atoms with van der Waals surface area (Å²) in [6.07, 6.45) is -8.03. The van der Waals surface area contributed by atoms with Crippen molar-refractivity contribution >= 4 is 17.5 Å². The molecule has 8 nitrogen and oxygen atoms in total. The Morgan fingerprint density at radius 2 is 1.75 bits per heavy atom. The molecule has 0 aliphatic heterocycles. The average molecular weight is 633 g/mol. The van der Waals surface area contributed by atoms with Crippen LogP contribution in [0.25, 0.3) is 5.65 Å². The van der Waals surface area contributed by atoms with Gasteiger partial charge in [0.25, 0.3) is 5.91 Å². The van der Waals surface area contributed by atoms with Crippen molar-refractivity contribution < 1.29 is 44.7 Å². The molecule has 0 saturated heterocycles. The van der Waals surface area contributed by atoms with E-state index < -0.39 is 90.5 Å². The number of rotatable bonds is 9. The van der Waals surface area contributed by atoms with Gasteiger partial charge in [-0.3, -0.25) is 14.6 Å². The van der Waals surface area contributed by atoms with Crippen LogP contribution in [0, 0.1) is 11.8 Å². The van der Waals surface area contributed by atoms with E-state index >= 15 is 0 Å². The number of hydrogen-bond donors (Lipinski definition) is 2. The van der Waals surface area contributed by atoms with Crippen molar-refractivity contribution in [1.29, 1.82) is 0 Å². The monoisotopic (exact) mass is 632 g/mol. The topological polar surface area (TPSA) is 115 Å². The maximum atomic E-state index is 14.3. The number of halogens is 8. The SMILES string of the molecule is NC(=O)c1nccc(C(F)(F)F)c1[C@@H](c1cn2ncc([C@H](NC(=O)CCC(F)(F)F)C3CC3)cc2n1)C1CCC(F)(F)CC1. The van der Waals surface area contributed by atoms with Crippen molar-refractivity contribution in [3.8, 4) is 0 Å². The summed E-state index contributed by atoms with van der Waals surface area (Å²) in [5, 5.41) is 6.89. The summed E-state index contributed by atoms with van der Waals surface area (Å²) in [6.45, 7) is 0. The summed E-state index contributed by atoms with van der Waals surface area (Å²) in [5.41, 5.74) is 3.63. The van der Waals surface area contributed by atoms with Crippen molar-refractivity contribution in [1.82, 2.24) is 24.9 Å². The van der Waals surface area contributed by atoms with Gasteiger partial charge in [-0.15, -0.1) is 0 Å². The fourth-order valence-electron chi connectivity index (χ4n) is 5.89. The standard InChI is InChI=1S/C28H28F8N6O2/c29-26(30)7-3-14(4-8-26)21(22-17(28(34,35)36)6-10-38-24(22)25(37)44)18-13-42-19(40-18)11-16(12-39-42)23(15-1-2-15)41-20(43)5-9-27(31,32)33/h6,10-15,21,23H,1-5,7-9H2,(H2,37,44)(H,41,43)/t21-,23-/m1/s1. The quantitative estimate of drug-likeness (QED) is 0.277. The summed E-state index contributed by atoms with van der Waals surface area (Å²) in [5.74, 6) is -7.15. The Kier molecular flexibility index (Phi) is 8.31. The lowest BCUT2D eigenvalue weighted by atomic mass is 9.73. The van der Waals surface area contributed by atoms with E-state index in [-0.39, 0.29) is 30.1 Å². The first-order chi connectivity index (χ1) is 20.5. The molecule has 0 aromatic carbocycles. The molecule has 2 atom stereocenters. The number of imidazole rings is 1. The number of carbonyl (C=O) groups excluding carboxylic acids is 2. The lowest BCUT2D eigenvalue weighted by molar-refractivity contribution is -0.144. The molecule has 3 N–H and O–H groups in total. The molecule has 3 aromatic rings. The molecular weight excluding hydrogens is 604 g/mol. The van der Waals surface area contributed by atoms with E-state index in [1.807, 2.05) is 0 Å². The Bertz CT molecular complexity index is 1540. The van der Waals surface area contributed by atoms with E-state index in [0.29, 0.717) is 24.5 Å². The first-order valence-corrected chi connectivity index (χ1v) is 14.0. The maximum Gasteiger partial charge on any atom is 0.416 e. The number of nitrogens with zero attached hydrogens (tertiary/aromatic N) is 4. The van der Waals surface area contributed by atoms with Gasteiger partial charge in [-0.05, 0) is 55.2 Å². The molecule has 2 saturated carbocycles. The molecule has 16 heteroatoms. The van der Waals surface area contributed by atoms with E-state index in [0.717, 1.165) is 6.20 Å². The largest absolute Gasteiger partial charge is 0.416 e. The lowest BCUT2D eigenvalue weighted by Crippen LogP contribution is -2.31. The zero-order valence-electron chi connectivity index (χ0n) is 23.1. The van der Waals surface area contributed by atoms with Crippen LogP contribution in [0.1, 0.15) is 96.2 Å². The lowest BCUT2D eigenvalue weighted by Gasteiger charge is -2.34. The average Bonchev–Trinajstić information content (AvgIpc) is 3.69. The minimum atomic E-state index is -4.94. The van der Waals surface area contributed by atoms with Crippen LogP contribution < -0.4 is 11.1 Å². The smallest absolute Gasteiger partial charge is 0.364 e. The van der Waals surface area contributed by atoms with Crippen LogP contribution in [0.15, 0.2) is 30.7 Å². The summed E-state index contributed by atoms with van der Waals surface area (Å²) >= 11 is 0. The highest BCUT2D eigenvalue weighted by Crippen LogP contribution is 2.48. The van der Waals surface area contributed by atoms with Crippen LogP contribution in [-0.4, -0.2) is 43.5 Å². The first-order valence-electron chi connectivity index (χ1n) is 14.0. The highest BCUT2D eigenvalue weighted by Gasteiger charge is 2.45. The van der Waals surface area contributed by atoms with Crippen LogP contribution in [0.2, 0.25) is 0 Å². The number of alkyl halides is 8. The minimum absolute atomic E-state index is 0.0167. The molecule has 0 bridgehead atoms. The van der Waals surface area contributed by atoms with Crippen LogP contribution >= 0.6 is 0 Å². The normalized spacial score (nSPS) is 19.1. The van der Waals surface area contributed by atoms with Gasteiger partial charge in [-0.1, -0.05) is 0 Å². The van der Waals surface area contributed by atoms with Gasteiger partial charge in [0.15, 0.2) is 5.65 Å². The summed E-state index contributed by atoms with van der Waals surface area (Å²) in [7, 11) is 0. The van der Waals surface area contributed by atoms with Gasteiger partial charge in [-0.2, -0.15) is 31.4 Å². The number of nitrogens with one attached hydrogen (secondary N) is 1. The molecular formula is C28H28F8N6O2. The molecule has 5 rings (SSSR count). The third-order valence-electron chi connectivity index (χ3n) is 8.16. The molecule has 2 aliphatic carbocycles. The molecule has 238 valence electrons. The van der Waals surface area contributed by atoms with Crippen molar-refractivity contribution in [2.24, 2.45) is 17.6 Å². The molecule has 0 radical (unpaired) electrons. The maximum absolute atomic E-state index is 14.3. The van der Waals surface area contributed by atoms with Crippen LogP contribution in [0.4, 0.5) is 35.1 Å². The van der Waals surface area contributed by atoms with Gasteiger partial charge < -0.3 is 11.1 Å². The van der Waals surface area contributed by atoms with Crippen molar-refractivity contribution in [3.63, 3.8) is 0 Å². The number of amides is 2.